The highest BCUT2D eigenvalue weighted by atomic mass is 35.5. The topological polar surface area (TPSA) is 74.2 Å². The van der Waals surface area contributed by atoms with Gasteiger partial charge in [-0.05, 0) is 80.3 Å². The van der Waals surface area contributed by atoms with Crippen LogP contribution in [0.1, 0.15) is 74.8 Å². The first-order valence-electron chi connectivity index (χ1n) is 13.4. The molecule has 2 aromatic carbocycles. The van der Waals surface area contributed by atoms with Crippen LogP contribution in [0, 0.1) is 5.92 Å². The van der Waals surface area contributed by atoms with Crippen LogP contribution in [0.3, 0.4) is 0 Å². The summed E-state index contributed by atoms with van der Waals surface area (Å²) in [5, 5.41) is 0.662. The van der Waals surface area contributed by atoms with Crippen LogP contribution in [0.5, 0.6) is 11.5 Å². The second-order valence-electron chi connectivity index (χ2n) is 10.5. The lowest BCUT2D eigenvalue weighted by atomic mass is 9.69. The van der Waals surface area contributed by atoms with Gasteiger partial charge in [0.2, 0.25) is 0 Å². The maximum Gasteiger partial charge on any atom is 0.315 e. The standard InChI is InChI=1S/C31H34ClNO5/c1-18-28(31(35)38-23-7-5-4-6-8-23)29(20-11-14-26(36-2)27(17-20)37-3)30-24(33-18)15-21(16-25(30)34)19-9-12-22(32)13-10-19/h9-14,17,21,23,28-29H,4-8,15-16H2,1-3H3/t21-,28?,29+/m1/s1. The lowest BCUT2D eigenvalue weighted by Crippen LogP contribution is -2.39. The first-order chi connectivity index (χ1) is 18.4. The van der Waals surface area contributed by atoms with Gasteiger partial charge in [0, 0.05) is 34.3 Å². The molecule has 5 rings (SSSR count). The number of hydrogen-bond acceptors (Lipinski definition) is 6. The number of hydrogen-bond donors (Lipinski definition) is 0. The highest BCUT2D eigenvalue weighted by Crippen LogP contribution is 2.48. The van der Waals surface area contributed by atoms with Gasteiger partial charge in [-0.15, -0.1) is 0 Å². The molecule has 0 saturated heterocycles. The molecule has 3 atom stereocenters. The third-order valence-electron chi connectivity index (χ3n) is 8.09. The Kier molecular flexibility index (Phi) is 7.89. The zero-order valence-electron chi connectivity index (χ0n) is 22.2. The van der Waals surface area contributed by atoms with E-state index in [1.54, 1.807) is 14.2 Å². The van der Waals surface area contributed by atoms with E-state index in [0.29, 0.717) is 40.6 Å². The summed E-state index contributed by atoms with van der Waals surface area (Å²) in [6, 6.07) is 13.3. The third-order valence-corrected chi connectivity index (χ3v) is 8.34. The first-order valence-corrected chi connectivity index (χ1v) is 13.8. The second kappa shape index (κ2) is 11.3. The van der Waals surface area contributed by atoms with Crippen LogP contribution < -0.4 is 9.47 Å². The quantitative estimate of drug-likeness (QED) is 0.380. The molecule has 0 amide bonds. The molecule has 0 N–H and O–H groups in total. The molecule has 1 unspecified atom stereocenters. The van der Waals surface area contributed by atoms with Crippen molar-refractivity contribution in [1.82, 2.24) is 0 Å². The Morgan fingerprint density at radius 2 is 1.61 bits per heavy atom. The summed E-state index contributed by atoms with van der Waals surface area (Å²) in [5.74, 6) is -0.330. The Morgan fingerprint density at radius 3 is 2.29 bits per heavy atom. The van der Waals surface area contributed by atoms with Gasteiger partial charge in [-0.25, -0.2) is 0 Å². The number of Topliss-reactive ketones (excluding diaryl/α,β-unsaturated/α-hetero) is 1. The number of ether oxygens (including phenoxy) is 3. The van der Waals surface area contributed by atoms with Crippen LogP contribution in [-0.2, 0) is 14.3 Å². The number of benzene rings is 2. The summed E-state index contributed by atoms with van der Waals surface area (Å²) in [6.45, 7) is 1.88. The molecule has 7 heteroatoms. The molecule has 0 aromatic heterocycles. The molecule has 1 aliphatic heterocycles. The zero-order valence-corrected chi connectivity index (χ0v) is 22.9. The predicted octanol–water partition coefficient (Wildman–Crippen LogP) is 6.81. The van der Waals surface area contributed by atoms with Crippen LogP contribution >= 0.6 is 11.6 Å². The number of ketones is 1. The van der Waals surface area contributed by atoms with Crippen LogP contribution in [-0.4, -0.2) is 37.8 Å². The molecule has 1 heterocycles. The third kappa shape index (κ3) is 5.24. The van der Waals surface area contributed by atoms with Crippen LogP contribution in [0.15, 0.2) is 58.7 Å². The minimum Gasteiger partial charge on any atom is -0.493 e. The second-order valence-corrected chi connectivity index (χ2v) is 10.9. The van der Waals surface area contributed by atoms with E-state index < -0.39 is 11.8 Å². The van der Waals surface area contributed by atoms with Crippen molar-refractivity contribution in [2.45, 2.75) is 69.8 Å². The van der Waals surface area contributed by atoms with E-state index in [2.05, 4.69) is 0 Å². The SMILES string of the molecule is COc1ccc([C@@H]2C3=C(C[C@@H](c4ccc(Cl)cc4)CC3=O)N=C(C)C2C(=O)OC2CCCCC2)cc1OC. The molecule has 38 heavy (non-hydrogen) atoms. The number of rotatable bonds is 6. The Morgan fingerprint density at radius 1 is 0.921 bits per heavy atom. The molecule has 2 aromatic rings. The van der Waals surface area contributed by atoms with Crippen molar-refractivity contribution in [3.8, 4) is 11.5 Å². The monoisotopic (exact) mass is 535 g/mol. The summed E-state index contributed by atoms with van der Waals surface area (Å²) in [7, 11) is 3.17. The molecule has 0 bridgehead atoms. The number of esters is 1. The van der Waals surface area contributed by atoms with Gasteiger partial charge in [-0.2, -0.15) is 0 Å². The summed E-state index contributed by atoms with van der Waals surface area (Å²) < 4.78 is 17.1. The van der Waals surface area contributed by atoms with Crippen molar-refractivity contribution in [2.75, 3.05) is 14.2 Å². The van der Waals surface area contributed by atoms with Crippen molar-refractivity contribution in [3.05, 3.63) is 69.9 Å². The van der Waals surface area contributed by atoms with Crippen molar-refractivity contribution in [2.24, 2.45) is 10.9 Å². The number of allylic oxidation sites excluding steroid dienone is 2. The van der Waals surface area contributed by atoms with Gasteiger partial charge < -0.3 is 14.2 Å². The van der Waals surface area contributed by atoms with Gasteiger partial charge in [0.1, 0.15) is 12.0 Å². The number of halogens is 1. The molecule has 2 aliphatic carbocycles. The van der Waals surface area contributed by atoms with E-state index >= 15 is 0 Å². The van der Waals surface area contributed by atoms with E-state index in [9.17, 15) is 9.59 Å². The molecule has 1 saturated carbocycles. The number of methoxy groups -OCH3 is 2. The zero-order chi connectivity index (χ0) is 26.8. The van der Waals surface area contributed by atoms with Crippen LogP contribution in [0.4, 0.5) is 0 Å². The largest absolute Gasteiger partial charge is 0.493 e. The smallest absolute Gasteiger partial charge is 0.315 e. The molecule has 1 fully saturated rings. The lowest BCUT2D eigenvalue weighted by Gasteiger charge is -2.37. The van der Waals surface area contributed by atoms with Gasteiger partial charge in [0.05, 0.1) is 14.2 Å². The van der Waals surface area contributed by atoms with Crippen LogP contribution in [0.2, 0.25) is 5.02 Å². The summed E-state index contributed by atoms with van der Waals surface area (Å²) >= 11 is 6.10. The maximum absolute atomic E-state index is 13.8. The minimum atomic E-state index is -0.676. The Bertz CT molecular complexity index is 1280. The molecular formula is C31H34ClNO5. The van der Waals surface area contributed by atoms with E-state index in [0.717, 1.165) is 42.5 Å². The van der Waals surface area contributed by atoms with E-state index in [1.807, 2.05) is 49.4 Å². The fourth-order valence-electron chi connectivity index (χ4n) is 6.16. The van der Waals surface area contributed by atoms with Gasteiger partial charge in [-0.1, -0.05) is 36.2 Å². The van der Waals surface area contributed by atoms with Crippen molar-refractivity contribution < 1.29 is 23.8 Å². The summed E-state index contributed by atoms with van der Waals surface area (Å²) in [5.41, 5.74) is 3.91. The Balaban J connectivity index is 1.55. The molecule has 3 aliphatic rings. The highest BCUT2D eigenvalue weighted by molar-refractivity contribution is 6.30. The van der Waals surface area contributed by atoms with Gasteiger partial charge in [0.15, 0.2) is 17.3 Å². The van der Waals surface area contributed by atoms with Crippen molar-refractivity contribution in [3.63, 3.8) is 0 Å². The number of nitrogens with zero attached hydrogens (tertiary/aromatic N) is 1. The van der Waals surface area contributed by atoms with E-state index in [1.165, 1.54) is 6.42 Å². The van der Waals surface area contributed by atoms with E-state index in [4.69, 9.17) is 30.8 Å². The minimum absolute atomic E-state index is 0.00635. The number of carbonyl (C=O) groups is 2. The number of carbonyl (C=O) groups excluding carboxylic acids is 2. The molecule has 0 radical (unpaired) electrons. The fourth-order valence-corrected chi connectivity index (χ4v) is 6.29. The first kappa shape index (κ1) is 26.5. The maximum atomic E-state index is 13.8. The summed E-state index contributed by atoms with van der Waals surface area (Å²) in [4.78, 5) is 32.5. The summed E-state index contributed by atoms with van der Waals surface area (Å²) in [6.07, 6.45) is 5.95. The van der Waals surface area contributed by atoms with E-state index in [-0.39, 0.29) is 23.8 Å². The molecule has 6 nitrogen and oxygen atoms in total. The van der Waals surface area contributed by atoms with Gasteiger partial charge in [0.25, 0.3) is 0 Å². The van der Waals surface area contributed by atoms with Crippen molar-refractivity contribution in [1.29, 1.82) is 0 Å². The average Bonchev–Trinajstić information content (AvgIpc) is 2.92. The van der Waals surface area contributed by atoms with Crippen molar-refractivity contribution >= 4 is 29.1 Å². The molecule has 200 valence electrons. The number of aliphatic imine (C=N–C) groups is 1. The predicted molar refractivity (Wildman–Crippen MR) is 147 cm³/mol. The van der Waals surface area contributed by atoms with Gasteiger partial charge >= 0.3 is 5.97 Å². The lowest BCUT2D eigenvalue weighted by molar-refractivity contribution is -0.153. The molecule has 0 spiro atoms. The fraction of sp³-hybridized carbons (Fsp3) is 0.452. The normalized spacial score (nSPS) is 23.9. The average molecular weight is 536 g/mol. The molecular weight excluding hydrogens is 502 g/mol. The van der Waals surface area contributed by atoms with Gasteiger partial charge in [-0.3, -0.25) is 14.6 Å². The Labute approximate surface area is 229 Å². The Hall–Kier alpha value is -3.12. The van der Waals surface area contributed by atoms with Crippen LogP contribution in [0.25, 0.3) is 0 Å². The highest BCUT2D eigenvalue weighted by Gasteiger charge is 2.45.